The highest BCUT2D eigenvalue weighted by molar-refractivity contribution is 7.09. The first kappa shape index (κ1) is 14.7. The molecule has 1 N–H and O–H groups in total. The van der Waals surface area contributed by atoms with Gasteiger partial charge in [0, 0.05) is 30.6 Å². The van der Waals surface area contributed by atoms with Crippen molar-refractivity contribution in [1.29, 1.82) is 0 Å². The van der Waals surface area contributed by atoms with Crippen molar-refractivity contribution in [3.63, 3.8) is 0 Å². The zero-order valence-corrected chi connectivity index (χ0v) is 13.2. The lowest BCUT2D eigenvalue weighted by atomic mass is 9.95. The SMILES string of the molecule is Cc1nc(CN2CCC[C@H](c3ccn(CCO)n3)C2)cs1. The maximum Gasteiger partial charge on any atom is 0.0897 e. The van der Waals surface area contributed by atoms with E-state index in [1.165, 1.54) is 18.5 Å². The molecule has 1 aliphatic rings. The Bertz CT molecular complexity index is 580. The average molecular weight is 306 g/mol. The van der Waals surface area contributed by atoms with Gasteiger partial charge >= 0.3 is 0 Å². The minimum Gasteiger partial charge on any atom is -0.394 e. The zero-order valence-electron chi connectivity index (χ0n) is 12.4. The molecule has 0 amide bonds. The van der Waals surface area contributed by atoms with Crippen LogP contribution in [-0.2, 0) is 13.1 Å². The van der Waals surface area contributed by atoms with Gasteiger partial charge in [-0.25, -0.2) is 4.98 Å². The molecule has 0 spiro atoms. The molecule has 2 aromatic rings. The van der Waals surface area contributed by atoms with E-state index in [0.29, 0.717) is 12.5 Å². The van der Waals surface area contributed by atoms with Crippen molar-refractivity contribution in [2.45, 2.75) is 38.8 Å². The fourth-order valence-electron chi connectivity index (χ4n) is 2.97. The maximum atomic E-state index is 8.97. The molecule has 114 valence electrons. The molecule has 6 heteroatoms. The second kappa shape index (κ2) is 6.68. The number of likely N-dealkylation sites (tertiary alicyclic amines) is 1. The van der Waals surface area contributed by atoms with E-state index in [2.05, 4.69) is 33.4 Å². The third-order valence-electron chi connectivity index (χ3n) is 3.97. The van der Waals surface area contributed by atoms with E-state index < -0.39 is 0 Å². The van der Waals surface area contributed by atoms with Gasteiger partial charge in [-0.15, -0.1) is 11.3 Å². The van der Waals surface area contributed by atoms with Crippen molar-refractivity contribution in [3.05, 3.63) is 34.0 Å². The molecule has 21 heavy (non-hydrogen) atoms. The maximum absolute atomic E-state index is 8.97. The van der Waals surface area contributed by atoms with E-state index in [-0.39, 0.29) is 6.61 Å². The molecule has 1 fully saturated rings. The predicted octanol–water partition coefficient (Wildman–Crippen LogP) is 2.02. The van der Waals surface area contributed by atoms with Gasteiger partial charge in [-0.1, -0.05) is 0 Å². The van der Waals surface area contributed by atoms with Crippen LogP contribution < -0.4 is 0 Å². The molecule has 1 aliphatic heterocycles. The Morgan fingerprint density at radius 1 is 1.48 bits per heavy atom. The van der Waals surface area contributed by atoms with Crippen LogP contribution in [0, 0.1) is 6.92 Å². The Morgan fingerprint density at radius 2 is 2.38 bits per heavy atom. The number of piperidine rings is 1. The monoisotopic (exact) mass is 306 g/mol. The summed E-state index contributed by atoms with van der Waals surface area (Å²) in [5, 5.41) is 16.9. The normalized spacial score (nSPS) is 20.0. The summed E-state index contributed by atoms with van der Waals surface area (Å²) in [6.07, 6.45) is 4.37. The summed E-state index contributed by atoms with van der Waals surface area (Å²) in [5.41, 5.74) is 2.34. The molecule has 5 nitrogen and oxygen atoms in total. The Balaban J connectivity index is 1.61. The second-order valence-corrected chi connectivity index (χ2v) is 6.72. The number of aromatic nitrogens is 3. The third kappa shape index (κ3) is 3.70. The molecule has 1 atom stereocenters. The molecule has 2 aromatic heterocycles. The summed E-state index contributed by atoms with van der Waals surface area (Å²) in [6, 6.07) is 2.09. The number of hydrogen-bond donors (Lipinski definition) is 1. The van der Waals surface area contributed by atoms with E-state index >= 15 is 0 Å². The van der Waals surface area contributed by atoms with E-state index in [0.717, 1.165) is 30.3 Å². The van der Waals surface area contributed by atoms with Crippen molar-refractivity contribution in [1.82, 2.24) is 19.7 Å². The summed E-state index contributed by atoms with van der Waals surface area (Å²) in [7, 11) is 0. The van der Waals surface area contributed by atoms with Crippen molar-refractivity contribution in [3.8, 4) is 0 Å². The van der Waals surface area contributed by atoms with Gasteiger partial charge in [0.05, 0.1) is 29.5 Å². The fourth-order valence-corrected chi connectivity index (χ4v) is 3.58. The molecule has 0 unspecified atom stereocenters. The van der Waals surface area contributed by atoms with Crippen LogP contribution in [0.2, 0.25) is 0 Å². The molecule has 3 rings (SSSR count). The van der Waals surface area contributed by atoms with E-state index in [9.17, 15) is 0 Å². The Labute approximate surface area is 129 Å². The smallest absolute Gasteiger partial charge is 0.0897 e. The molecule has 0 bridgehead atoms. The Morgan fingerprint density at radius 3 is 3.14 bits per heavy atom. The van der Waals surface area contributed by atoms with Crippen molar-refractivity contribution < 1.29 is 5.11 Å². The molecule has 3 heterocycles. The molecule has 1 saturated heterocycles. The van der Waals surface area contributed by atoms with Crippen LogP contribution in [0.15, 0.2) is 17.6 Å². The first-order chi connectivity index (χ1) is 10.2. The van der Waals surface area contributed by atoms with Crippen LogP contribution in [0.3, 0.4) is 0 Å². The quantitative estimate of drug-likeness (QED) is 0.918. The number of nitrogens with zero attached hydrogens (tertiary/aromatic N) is 4. The molecule has 0 aromatic carbocycles. The van der Waals surface area contributed by atoms with Gasteiger partial charge in [-0.3, -0.25) is 9.58 Å². The average Bonchev–Trinajstić information content (AvgIpc) is 3.09. The Hall–Kier alpha value is -1.24. The highest BCUT2D eigenvalue weighted by Gasteiger charge is 2.23. The van der Waals surface area contributed by atoms with Crippen LogP contribution in [0.4, 0.5) is 0 Å². The lowest BCUT2D eigenvalue weighted by Crippen LogP contribution is -2.34. The largest absolute Gasteiger partial charge is 0.394 e. The number of aliphatic hydroxyl groups excluding tert-OH is 1. The summed E-state index contributed by atoms with van der Waals surface area (Å²) >= 11 is 1.72. The summed E-state index contributed by atoms with van der Waals surface area (Å²) in [4.78, 5) is 7.04. The molecule has 0 radical (unpaired) electrons. The van der Waals surface area contributed by atoms with E-state index in [1.54, 1.807) is 11.3 Å². The van der Waals surface area contributed by atoms with Gasteiger partial charge in [0.1, 0.15) is 0 Å². The number of thiazole rings is 1. The van der Waals surface area contributed by atoms with Crippen LogP contribution in [0.1, 0.15) is 35.2 Å². The molecular weight excluding hydrogens is 284 g/mol. The lowest BCUT2D eigenvalue weighted by molar-refractivity contribution is 0.196. The van der Waals surface area contributed by atoms with Crippen molar-refractivity contribution >= 4 is 11.3 Å². The van der Waals surface area contributed by atoms with Crippen LogP contribution in [0.25, 0.3) is 0 Å². The number of rotatable bonds is 5. The molecular formula is C15H22N4OS. The van der Waals surface area contributed by atoms with E-state index in [1.807, 2.05) is 10.9 Å². The van der Waals surface area contributed by atoms with Gasteiger partial charge in [0.15, 0.2) is 0 Å². The van der Waals surface area contributed by atoms with Crippen molar-refractivity contribution in [2.75, 3.05) is 19.7 Å². The zero-order chi connectivity index (χ0) is 14.7. The third-order valence-corrected chi connectivity index (χ3v) is 4.79. The highest BCUT2D eigenvalue weighted by Crippen LogP contribution is 2.26. The highest BCUT2D eigenvalue weighted by atomic mass is 32.1. The first-order valence-corrected chi connectivity index (χ1v) is 8.40. The topological polar surface area (TPSA) is 54.2 Å². The standard InChI is InChI=1S/C15H22N4OS/c1-12-16-14(11-21-12)10-18-5-2-3-13(9-18)15-4-6-19(17-15)7-8-20/h4,6,11,13,20H,2-3,5,7-10H2,1H3/t13-/m0/s1. The van der Waals surface area contributed by atoms with Gasteiger partial charge < -0.3 is 5.11 Å². The van der Waals surface area contributed by atoms with Crippen LogP contribution in [-0.4, -0.2) is 44.5 Å². The fraction of sp³-hybridized carbons (Fsp3) is 0.600. The minimum atomic E-state index is 0.140. The van der Waals surface area contributed by atoms with Crippen molar-refractivity contribution in [2.24, 2.45) is 0 Å². The van der Waals surface area contributed by atoms with Gasteiger partial charge in [0.25, 0.3) is 0 Å². The molecule has 0 aliphatic carbocycles. The Kier molecular flexibility index (Phi) is 4.67. The second-order valence-electron chi connectivity index (χ2n) is 5.66. The predicted molar refractivity (Wildman–Crippen MR) is 83.4 cm³/mol. The number of hydrogen-bond acceptors (Lipinski definition) is 5. The van der Waals surface area contributed by atoms with Crippen LogP contribution in [0.5, 0.6) is 0 Å². The summed E-state index contributed by atoms with van der Waals surface area (Å²) in [6.45, 7) is 5.91. The minimum absolute atomic E-state index is 0.140. The lowest BCUT2D eigenvalue weighted by Gasteiger charge is -2.31. The van der Waals surface area contributed by atoms with E-state index in [4.69, 9.17) is 5.11 Å². The van der Waals surface area contributed by atoms with Gasteiger partial charge in [0.2, 0.25) is 0 Å². The molecule has 0 saturated carbocycles. The number of aryl methyl sites for hydroxylation is 1. The number of aliphatic hydroxyl groups is 1. The summed E-state index contributed by atoms with van der Waals surface area (Å²) < 4.78 is 1.83. The van der Waals surface area contributed by atoms with Crippen LogP contribution >= 0.6 is 11.3 Å². The summed E-state index contributed by atoms with van der Waals surface area (Å²) in [5.74, 6) is 0.499. The van der Waals surface area contributed by atoms with Gasteiger partial charge in [-0.2, -0.15) is 5.10 Å². The van der Waals surface area contributed by atoms with Gasteiger partial charge in [-0.05, 0) is 32.4 Å². The first-order valence-electron chi connectivity index (χ1n) is 7.52.